The molecule has 0 amide bonds. The Hall–Kier alpha value is -1.32. The van der Waals surface area contributed by atoms with Crippen molar-refractivity contribution >= 4 is 29.0 Å². The van der Waals surface area contributed by atoms with Crippen molar-refractivity contribution in [3.63, 3.8) is 0 Å². The number of rotatable bonds is 4. The Morgan fingerprint density at radius 3 is 2.76 bits per heavy atom. The van der Waals surface area contributed by atoms with E-state index in [-0.39, 0.29) is 0 Å². The molecule has 2 aromatic heterocycles. The molecule has 0 atom stereocenters. The highest BCUT2D eigenvalue weighted by atomic mass is 35.5. The lowest BCUT2D eigenvalue weighted by molar-refractivity contribution is 0.954. The van der Waals surface area contributed by atoms with Crippen LogP contribution in [0.3, 0.4) is 0 Å². The first kappa shape index (κ1) is 12.1. The van der Waals surface area contributed by atoms with Crippen molar-refractivity contribution in [2.24, 2.45) is 0 Å². The van der Waals surface area contributed by atoms with Crippen LogP contribution in [0, 0.1) is 0 Å². The lowest BCUT2D eigenvalue weighted by Crippen LogP contribution is -2.07. The second-order valence-corrected chi connectivity index (χ2v) is 4.33. The van der Waals surface area contributed by atoms with Gasteiger partial charge in [-0.05, 0) is 18.2 Å². The topological polar surface area (TPSA) is 37.8 Å². The first-order valence-electron chi connectivity index (χ1n) is 5.20. The van der Waals surface area contributed by atoms with Gasteiger partial charge in [0.05, 0.1) is 10.0 Å². The van der Waals surface area contributed by atoms with Crippen molar-refractivity contribution in [1.29, 1.82) is 0 Å². The van der Waals surface area contributed by atoms with Gasteiger partial charge < -0.3 is 5.32 Å². The van der Waals surface area contributed by atoms with Gasteiger partial charge in [0.15, 0.2) is 0 Å². The third kappa shape index (κ3) is 3.58. The van der Waals surface area contributed by atoms with Crippen LogP contribution < -0.4 is 5.32 Å². The van der Waals surface area contributed by atoms with E-state index >= 15 is 0 Å². The van der Waals surface area contributed by atoms with Gasteiger partial charge in [-0.3, -0.25) is 4.98 Å². The van der Waals surface area contributed by atoms with Crippen molar-refractivity contribution in [1.82, 2.24) is 9.97 Å². The molecule has 0 saturated heterocycles. The minimum atomic E-state index is 0.526. The lowest BCUT2D eigenvalue weighted by Gasteiger charge is -2.06. The van der Waals surface area contributed by atoms with Gasteiger partial charge in [0, 0.05) is 31.1 Å². The van der Waals surface area contributed by atoms with Gasteiger partial charge in [0.2, 0.25) is 0 Å². The van der Waals surface area contributed by atoms with Gasteiger partial charge in [-0.25, -0.2) is 4.98 Å². The molecule has 0 fully saturated rings. The number of hydrogen-bond acceptors (Lipinski definition) is 3. The number of hydrogen-bond donors (Lipinski definition) is 1. The van der Waals surface area contributed by atoms with Gasteiger partial charge >= 0.3 is 0 Å². The van der Waals surface area contributed by atoms with Gasteiger partial charge in [-0.1, -0.05) is 29.3 Å². The Balaban J connectivity index is 1.90. The third-order valence-corrected chi connectivity index (χ3v) is 2.70. The summed E-state index contributed by atoms with van der Waals surface area (Å²) in [5.74, 6) is 0.645. The van der Waals surface area contributed by atoms with Crippen LogP contribution >= 0.6 is 23.2 Å². The highest BCUT2D eigenvalue weighted by Gasteiger charge is 2.02. The molecule has 0 saturated carbocycles. The summed E-state index contributed by atoms with van der Waals surface area (Å²) in [6.07, 6.45) is 4.17. The van der Waals surface area contributed by atoms with Crippen molar-refractivity contribution in [2.75, 3.05) is 11.9 Å². The molecule has 0 aliphatic heterocycles. The van der Waals surface area contributed by atoms with E-state index in [2.05, 4.69) is 15.3 Å². The summed E-state index contributed by atoms with van der Waals surface area (Å²) < 4.78 is 0. The summed E-state index contributed by atoms with van der Waals surface area (Å²) >= 11 is 11.7. The Morgan fingerprint density at radius 1 is 1.18 bits per heavy atom. The summed E-state index contributed by atoms with van der Waals surface area (Å²) in [7, 11) is 0. The van der Waals surface area contributed by atoms with E-state index in [4.69, 9.17) is 23.2 Å². The average Bonchev–Trinajstić information content (AvgIpc) is 2.33. The summed E-state index contributed by atoms with van der Waals surface area (Å²) in [4.78, 5) is 8.35. The van der Waals surface area contributed by atoms with Crippen molar-refractivity contribution in [3.8, 4) is 0 Å². The lowest BCUT2D eigenvalue weighted by atomic mass is 10.3. The number of anilines is 1. The second kappa shape index (κ2) is 5.84. The maximum atomic E-state index is 5.99. The fourth-order valence-corrected chi connectivity index (χ4v) is 1.85. The number of aromatic nitrogens is 2. The molecule has 0 spiro atoms. The van der Waals surface area contributed by atoms with Gasteiger partial charge in [-0.15, -0.1) is 0 Å². The molecule has 2 aromatic rings. The quantitative estimate of drug-likeness (QED) is 0.923. The van der Waals surface area contributed by atoms with Crippen LogP contribution in [0.15, 0.2) is 36.7 Å². The molecule has 88 valence electrons. The molecule has 3 nitrogen and oxygen atoms in total. The van der Waals surface area contributed by atoms with E-state index in [0.29, 0.717) is 15.9 Å². The first-order chi connectivity index (χ1) is 8.25. The maximum absolute atomic E-state index is 5.99. The minimum Gasteiger partial charge on any atom is -0.368 e. The smallest absolute Gasteiger partial charge is 0.144 e. The second-order valence-electron chi connectivity index (χ2n) is 3.48. The standard InChI is InChI=1S/C12H11Cl2N3/c13-9-7-11(14)12(17-8-9)16-6-4-10-3-1-2-5-15-10/h1-3,5,7-8H,4,6H2,(H,16,17). The first-order valence-corrected chi connectivity index (χ1v) is 5.96. The summed E-state index contributed by atoms with van der Waals surface area (Å²) in [5.41, 5.74) is 1.03. The van der Waals surface area contributed by atoms with E-state index < -0.39 is 0 Å². The SMILES string of the molecule is Clc1cnc(NCCc2ccccn2)c(Cl)c1. The van der Waals surface area contributed by atoms with Crippen LogP contribution in [0.1, 0.15) is 5.69 Å². The Bertz CT molecular complexity index is 488. The molecule has 0 aliphatic carbocycles. The number of nitrogens with one attached hydrogen (secondary N) is 1. The number of pyridine rings is 2. The molecular formula is C12H11Cl2N3. The van der Waals surface area contributed by atoms with E-state index in [1.807, 2.05) is 18.2 Å². The fourth-order valence-electron chi connectivity index (χ4n) is 1.40. The van der Waals surface area contributed by atoms with Gasteiger partial charge in [0.25, 0.3) is 0 Å². The van der Waals surface area contributed by atoms with Crippen LogP contribution in [0.25, 0.3) is 0 Å². The maximum Gasteiger partial charge on any atom is 0.144 e. The molecule has 5 heteroatoms. The normalized spacial score (nSPS) is 10.2. The zero-order valence-electron chi connectivity index (χ0n) is 9.03. The van der Waals surface area contributed by atoms with Crippen LogP contribution in [-0.4, -0.2) is 16.5 Å². The molecule has 0 aliphatic rings. The van der Waals surface area contributed by atoms with Gasteiger partial charge in [-0.2, -0.15) is 0 Å². The molecular weight excluding hydrogens is 257 g/mol. The highest BCUT2D eigenvalue weighted by Crippen LogP contribution is 2.22. The molecule has 0 aromatic carbocycles. The Labute approximate surface area is 110 Å². The summed E-state index contributed by atoms with van der Waals surface area (Å²) in [6, 6.07) is 7.52. The number of halogens is 2. The van der Waals surface area contributed by atoms with Crippen LogP contribution in [0.4, 0.5) is 5.82 Å². The summed E-state index contributed by atoms with van der Waals surface area (Å²) in [6.45, 7) is 0.728. The van der Waals surface area contributed by atoms with E-state index in [1.54, 1.807) is 18.5 Å². The van der Waals surface area contributed by atoms with Crippen LogP contribution in [-0.2, 0) is 6.42 Å². The van der Waals surface area contributed by atoms with Crippen LogP contribution in [0.5, 0.6) is 0 Å². The zero-order chi connectivity index (χ0) is 12.1. The van der Waals surface area contributed by atoms with Gasteiger partial charge in [0.1, 0.15) is 5.82 Å². The molecule has 0 unspecified atom stereocenters. The molecule has 1 N–H and O–H groups in total. The number of nitrogens with zero attached hydrogens (tertiary/aromatic N) is 2. The van der Waals surface area contributed by atoms with Crippen molar-refractivity contribution in [3.05, 3.63) is 52.4 Å². The molecule has 17 heavy (non-hydrogen) atoms. The average molecular weight is 268 g/mol. The summed E-state index contributed by atoms with van der Waals surface area (Å²) in [5, 5.41) is 4.21. The predicted octanol–water partition coefficient (Wildman–Crippen LogP) is 3.44. The fraction of sp³-hybridized carbons (Fsp3) is 0.167. The van der Waals surface area contributed by atoms with E-state index in [9.17, 15) is 0 Å². The van der Waals surface area contributed by atoms with E-state index in [0.717, 1.165) is 18.7 Å². The Morgan fingerprint density at radius 2 is 2.06 bits per heavy atom. The van der Waals surface area contributed by atoms with Crippen molar-refractivity contribution in [2.45, 2.75) is 6.42 Å². The predicted molar refractivity (Wildman–Crippen MR) is 70.7 cm³/mol. The van der Waals surface area contributed by atoms with E-state index in [1.165, 1.54) is 0 Å². The monoisotopic (exact) mass is 267 g/mol. The molecule has 2 rings (SSSR count). The Kier molecular flexibility index (Phi) is 4.18. The zero-order valence-corrected chi connectivity index (χ0v) is 10.5. The van der Waals surface area contributed by atoms with Crippen molar-refractivity contribution < 1.29 is 0 Å². The highest BCUT2D eigenvalue weighted by molar-refractivity contribution is 6.35. The molecule has 0 radical (unpaired) electrons. The molecule has 0 bridgehead atoms. The third-order valence-electron chi connectivity index (χ3n) is 2.21. The minimum absolute atomic E-state index is 0.526. The largest absolute Gasteiger partial charge is 0.368 e. The van der Waals surface area contributed by atoms with Crippen LogP contribution in [0.2, 0.25) is 10.0 Å². The molecule has 2 heterocycles.